The Kier molecular flexibility index (Phi) is 31.8. The second-order valence-corrected chi connectivity index (χ2v) is 23.0. The van der Waals surface area contributed by atoms with Crippen LogP contribution >= 0.6 is 0 Å². The molecule has 29 heteroatoms. The van der Waals surface area contributed by atoms with Gasteiger partial charge in [0, 0.05) is 6.42 Å². The fourth-order valence-corrected chi connectivity index (χ4v) is 10.7. The van der Waals surface area contributed by atoms with Crippen molar-refractivity contribution in [2.24, 2.45) is 0 Å². The van der Waals surface area contributed by atoms with Crippen molar-refractivity contribution in [3.05, 3.63) is 123 Å². The van der Waals surface area contributed by atoms with Crippen LogP contribution in [0.15, 0.2) is 66.7 Å². The summed E-state index contributed by atoms with van der Waals surface area (Å²) in [6.45, 7) is 8.57. The molecule has 4 rings (SSSR count). The highest BCUT2D eigenvalue weighted by Gasteiger charge is 2.49. The van der Waals surface area contributed by atoms with E-state index in [-0.39, 0.29) is 91.6 Å². The number of alkyl halides is 24. The molecule has 0 bridgehead atoms. The average molecular weight is 1380 g/mol. The number of benzene rings is 4. The van der Waals surface area contributed by atoms with Gasteiger partial charge in [-0.05, 0) is 93.5 Å². The smallest absolute Gasteiger partial charge is 0.490 e. The van der Waals surface area contributed by atoms with Crippen molar-refractivity contribution in [3.63, 3.8) is 0 Å². The fraction of sp³-hybridized carbons (Fsp3) is 0.625. The van der Waals surface area contributed by atoms with Gasteiger partial charge in [-0.2, -0.15) is 124 Å². The quantitative estimate of drug-likeness (QED) is 0.0151. The summed E-state index contributed by atoms with van der Waals surface area (Å²) in [6.07, 6.45) is -27.3. The molecule has 0 aliphatic carbocycles. The number of quaternary nitrogens is 1. The van der Waals surface area contributed by atoms with Gasteiger partial charge in [0.15, 0.2) is 0 Å². The van der Waals surface area contributed by atoms with Crippen molar-refractivity contribution in [2.45, 2.75) is 237 Å². The highest BCUT2D eigenvalue weighted by atomic mass is 19.4. The second kappa shape index (κ2) is 36.1. The molecule has 0 saturated heterocycles. The Labute approximate surface area is 526 Å². The first kappa shape index (κ1) is 81.9. The third-order valence-electron chi connectivity index (χ3n) is 15.5. The van der Waals surface area contributed by atoms with Gasteiger partial charge in [-0.25, -0.2) is 0 Å². The SMILES string of the molecule is CCCCCCCC[N+](CCCCCCCC)(CCCCCCCC)C(CCCCCCC)c1c(OB(Oc2cc(C(F)(F)F)cc(C(F)(F)F)c2)Oc2cc(C(F)(F)F)cc(C(F)(F)F)c2)cc(C(F)(F)F)cc1C(F)(F)F.FC(F)(F)c1c[c-]cc(C(F)(F)F)c1. The zero-order chi connectivity index (χ0) is 70.3. The van der Waals surface area contributed by atoms with Crippen LogP contribution in [-0.2, 0) is 49.4 Å². The lowest BCUT2D eigenvalue weighted by Crippen LogP contribution is -2.53. The van der Waals surface area contributed by atoms with E-state index >= 15 is 26.3 Å². The summed E-state index contributed by atoms with van der Waals surface area (Å²) >= 11 is 0. The van der Waals surface area contributed by atoms with Crippen LogP contribution in [0.3, 0.4) is 0 Å². The Bertz CT molecular complexity index is 2610. The summed E-state index contributed by atoms with van der Waals surface area (Å²) in [5.41, 5.74) is -15.8. The van der Waals surface area contributed by atoms with E-state index in [1.54, 1.807) is 6.07 Å². The van der Waals surface area contributed by atoms with E-state index in [9.17, 15) is 79.0 Å². The topological polar surface area (TPSA) is 27.7 Å². The van der Waals surface area contributed by atoms with Crippen molar-refractivity contribution >= 4 is 7.32 Å². The maximum absolute atomic E-state index is 16.0. The predicted octanol–water partition coefficient (Wildman–Crippen LogP) is 25.1. The number of nitrogens with zero attached hydrogens (tertiary/aromatic N) is 1. The van der Waals surface area contributed by atoms with E-state index in [2.05, 4.69) is 0 Å². The fourth-order valence-electron chi connectivity index (χ4n) is 10.7. The minimum Gasteiger partial charge on any atom is -0.490 e. The molecule has 1 unspecified atom stereocenters. The summed E-state index contributed by atoms with van der Waals surface area (Å²) in [5, 5.41) is 0. The van der Waals surface area contributed by atoms with Crippen molar-refractivity contribution in [3.8, 4) is 17.2 Å². The summed E-state index contributed by atoms with van der Waals surface area (Å²) in [6, 6.07) is 0.202. The van der Waals surface area contributed by atoms with Crippen LogP contribution in [0.5, 0.6) is 17.2 Å². The van der Waals surface area contributed by atoms with Crippen LogP contribution in [0.2, 0.25) is 0 Å². The Morgan fingerprint density at radius 3 is 0.903 bits per heavy atom. The maximum Gasteiger partial charge on any atom is 0.864 e. The standard InChI is InChI=1S/C56H75BF18NO3.C8H3F6/c1-5-9-13-17-21-25-29-76(30-26-22-18-14-10-6-2,31-27-23-19-15-11-7-3)48(28-24-20-16-12-8-4)50-47(56(73,74)75)38-44(55(70,71)72)39-49(50)79-57(77-45-34-40(51(58,59)60)32-41(35-45)52(61,62)63)78-46-36-42(53(64,65)66)33-43(37-46)54(67,68)69;9-7(10,11)5-2-1-3-6(4-5)8(12,13)14/h32-39,48H,5-31H2,1-4H3;2-4H/q+1;-1. The minimum atomic E-state index is -5.66. The Balaban J connectivity index is 0.00000142. The monoisotopic (exact) mass is 1380 g/mol. The third kappa shape index (κ3) is 28.1. The lowest BCUT2D eigenvalue weighted by Gasteiger charge is -2.47. The Morgan fingerprint density at radius 2 is 0.602 bits per heavy atom. The molecule has 0 fully saturated rings. The van der Waals surface area contributed by atoms with Crippen LogP contribution in [0.25, 0.3) is 0 Å². The van der Waals surface area contributed by atoms with Crippen LogP contribution in [0.1, 0.15) is 238 Å². The van der Waals surface area contributed by atoms with Crippen LogP contribution in [-0.4, -0.2) is 31.4 Å². The number of hydrogen-bond acceptors (Lipinski definition) is 3. The predicted molar refractivity (Wildman–Crippen MR) is 303 cm³/mol. The molecule has 0 aliphatic rings. The van der Waals surface area contributed by atoms with E-state index in [0.29, 0.717) is 69.9 Å². The van der Waals surface area contributed by atoms with Crippen LogP contribution < -0.4 is 14.0 Å². The van der Waals surface area contributed by atoms with Gasteiger partial charge in [0.2, 0.25) is 0 Å². The van der Waals surface area contributed by atoms with E-state index < -0.39 is 130 Å². The van der Waals surface area contributed by atoms with Crippen molar-refractivity contribution in [1.82, 2.24) is 0 Å². The molecule has 4 aromatic rings. The minimum absolute atomic E-state index is 0.0521. The first-order valence-corrected chi connectivity index (χ1v) is 30.9. The van der Waals surface area contributed by atoms with Crippen molar-refractivity contribution in [1.29, 1.82) is 0 Å². The van der Waals surface area contributed by atoms with E-state index in [1.165, 1.54) is 0 Å². The molecular formula is C64H78BF24NO3. The molecule has 528 valence electrons. The molecule has 0 amide bonds. The Morgan fingerprint density at radius 1 is 0.323 bits per heavy atom. The second-order valence-electron chi connectivity index (χ2n) is 23.0. The zero-order valence-electron chi connectivity index (χ0n) is 51.8. The van der Waals surface area contributed by atoms with Gasteiger partial charge in [0.05, 0.1) is 58.6 Å². The molecule has 0 heterocycles. The highest BCUT2D eigenvalue weighted by Crippen LogP contribution is 2.50. The van der Waals surface area contributed by atoms with Gasteiger partial charge in [-0.1, -0.05) is 142 Å². The summed E-state index contributed by atoms with van der Waals surface area (Å²) in [5.74, 6) is -4.48. The van der Waals surface area contributed by atoms with Crippen LogP contribution in [0, 0.1) is 6.07 Å². The molecule has 0 radical (unpaired) electrons. The first-order chi connectivity index (χ1) is 43.0. The molecule has 0 N–H and O–H groups in total. The summed E-state index contributed by atoms with van der Waals surface area (Å²) in [7, 11) is -3.28. The Hall–Kier alpha value is -5.38. The van der Waals surface area contributed by atoms with Gasteiger partial charge in [-0.3, -0.25) is 0 Å². The zero-order valence-corrected chi connectivity index (χ0v) is 51.8. The molecule has 4 nitrogen and oxygen atoms in total. The largest absolute Gasteiger partial charge is 0.864 e. The third-order valence-corrected chi connectivity index (χ3v) is 15.5. The van der Waals surface area contributed by atoms with Gasteiger partial charge < -0.3 is 18.4 Å². The van der Waals surface area contributed by atoms with E-state index in [4.69, 9.17) is 14.0 Å². The summed E-state index contributed by atoms with van der Waals surface area (Å²) < 4.78 is 352. The van der Waals surface area contributed by atoms with Gasteiger partial charge in [0.25, 0.3) is 0 Å². The maximum atomic E-state index is 16.0. The van der Waals surface area contributed by atoms with Crippen molar-refractivity contribution in [2.75, 3.05) is 19.6 Å². The number of rotatable bonds is 35. The normalized spacial score (nSPS) is 13.4. The van der Waals surface area contributed by atoms with Gasteiger partial charge in [-0.15, -0.1) is 6.07 Å². The van der Waals surface area contributed by atoms with Gasteiger partial charge >= 0.3 is 56.7 Å². The molecular weight excluding hydrogens is 1300 g/mol. The highest BCUT2D eigenvalue weighted by molar-refractivity contribution is 6.39. The molecule has 0 spiro atoms. The number of halogens is 24. The summed E-state index contributed by atoms with van der Waals surface area (Å²) in [4.78, 5) is 0. The molecule has 4 aromatic carbocycles. The molecule has 93 heavy (non-hydrogen) atoms. The molecule has 0 saturated carbocycles. The number of unbranched alkanes of at least 4 members (excludes halogenated alkanes) is 19. The lowest BCUT2D eigenvalue weighted by molar-refractivity contribution is -0.958. The molecule has 0 aromatic heterocycles. The lowest BCUT2D eigenvalue weighted by atomic mass is 9.87. The van der Waals surface area contributed by atoms with Crippen molar-refractivity contribution < 1.29 is 124 Å². The first-order valence-electron chi connectivity index (χ1n) is 30.9. The van der Waals surface area contributed by atoms with E-state index in [0.717, 1.165) is 83.5 Å². The van der Waals surface area contributed by atoms with Crippen LogP contribution in [0.4, 0.5) is 105 Å². The number of hydrogen-bond donors (Lipinski definition) is 0. The van der Waals surface area contributed by atoms with Gasteiger partial charge in [0.1, 0.15) is 23.3 Å². The molecule has 1 atom stereocenters. The average Bonchev–Trinajstić information content (AvgIpc) is 0.756. The van der Waals surface area contributed by atoms with E-state index in [1.807, 2.05) is 27.7 Å². The molecule has 0 aliphatic heterocycles.